The van der Waals surface area contributed by atoms with Crippen molar-refractivity contribution in [2.24, 2.45) is 0 Å². The number of aryl methyl sites for hydroxylation is 2. The number of benzene rings is 1. The van der Waals surface area contributed by atoms with E-state index >= 15 is 0 Å². The minimum atomic E-state index is -0.336. The Bertz CT molecular complexity index is 650. The summed E-state index contributed by atoms with van der Waals surface area (Å²) in [6.45, 7) is 8.74. The van der Waals surface area contributed by atoms with Crippen LogP contribution in [-0.4, -0.2) is 30.7 Å². The molecule has 0 aliphatic heterocycles. The normalized spacial score (nSPS) is 9.96. The molecule has 1 heterocycles. The zero-order chi connectivity index (χ0) is 19.2. The number of methoxy groups -OCH3 is 1. The predicted molar refractivity (Wildman–Crippen MR) is 109 cm³/mol. The number of aromatic nitrogens is 1. The number of esters is 1. The number of unbranched alkanes of at least 4 members (excludes halogenated alkanes) is 3. The highest BCUT2D eigenvalue weighted by molar-refractivity contribution is 7.09. The van der Waals surface area contributed by atoms with Gasteiger partial charge >= 0.3 is 5.97 Å². The molecule has 0 unspecified atom stereocenters. The van der Waals surface area contributed by atoms with E-state index in [9.17, 15) is 4.79 Å². The molecule has 0 spiro atoms. The Labute approximate surface area is 161 Å². The van der Waals surface area contributed by atoms with Crippen LogP contribution in [0.2, 0.25) is 0 Å². The van der Waals surface area contributed by atoms with E-state index in [1.54, 1.807) is 18.6 Å². The van der Waals surface area contributed by atoms with Crippen LogP contribution in [0.15, 0.2) is 43.0 Å². The SMILES string of the molecule is C=CC(=O)OCCCCCCOC.Cc1ccc(-c2cc(C)ns2)cc1. The first-order valence-corrected chi connectivity index (χ1v) is 9.62. The third kappa shape index (κ3) is 9.49. The standard InChI is InChI=1S/C11H11NS.C10H18O3/c1-8-3-5-10(6-4-8)11-7-9(2)12-13-11;1-3-10(11)13-9-7-5-4-6-8-12-2/h3-7H,1-2H3;3H,1,4-9H2,2H3. The summed E-state index contributed by atoms with van der Waals surface area (Å²) in [6.07, 6.45) is 5.38. The van der Waals surface area contributed by atoms with E-state index in [1.165, 1.54) is 22.1 Å². The van der Waals surface area contributed by atoms with Crippen molar-refractivity contribution in [1.82, 2.24) is 4.37 Å². The summed E-state index contributed by atoms with van der Waals surface area (Å²) in [5.41, 5.74) is 3.65. The van der Waals surface area contributed by atoms with E-state index in [0.717, 1.165) is 38.0 Å². The van der Waals surface area contributed by atoms with Gasteiger partial charge in [-0.2, -0.15) is 4.37 Å². The monoisotopic (exact) mass is 375 g/mol. The minimum absolute atomic E-state index is 0.336. The molecule has 26 heavy (non-hydrogen) atoms. The highest BCUT2D eigenvalue weighted by Crippen LogP contribution is 2.24. The van der Waals surface area contributed by atoms with Crippen LogP contribution in [-0.2, 0) is 14.3 Å². The van der Waals surface area contributed by atoms with Gasteiger partial charge in [0.05, 0.1) is 17.2 Å². The van der Waals surface area contributed by atoms with Crippen molar-refractivity contribution >= 4 is 17.5 Å². The van der Waals surface area contributed by atoms with Gasteiger partial charge in [0.15, 0.2) is 0 Å². The van der Waals surface area contributed by atoms with Gasteiger partial charge in [-0.1, -0.05) is 42.8 Å². The number of hydrogen-bond acceptors (Lipinski definition) is 5. The van der Waals surface area contributed by atoms with Crippen molar-refractivity contribution in [3.8, 4) is 10.4 Å². The predicted octanol–water partition coefficient (Wildman–Crippen LogP) is 5.35. The van der Waals surface area contributed by atoms with Gasteiger partial charge in [-0.25, -0.2) is 4.79 Å². The molecule has 2 aromatic rings. The van der Waals surface area contributed by atoms with Crippen LogP contribution in [0, 0.1) is 13.8 Å². The Morgan fingerprint density at radius 2 is 1.77 bits per heavy atom. The maximum Gasteiger partial charge on any atom is 0.330 e. The maximum absolute atomic E-state index is 10.6. The second-order valence-corrected chi connectivity index (χ2v) is 6.78. The highest BCUT2D eigenvalue weighted by Gasteiger charge is 2.00. The molecule has 0 bridgehead atoms. The summed E-state index contributed by atoms with van der Waals surface area (Å²) in [5.74, 6) is -0.336. The van der Waals surface area contributed by atoms with Crippen molar-refractivity contribution in [2.75, 3.05) is 20.3 Å². The first kappa shape index (κ1) is 22.1. The van der Waals surface area contributed by atoms with Crippen molar-refractivity contribution in [2.45, 2.75) is 39.5 Å². The first-order valence-electron chi connectivity index (χ1n) is 8.85. The lowest BCUT2D eigenvalue weighted by atomic mass is 10.1. The molecule has 0 saturated heterocycles. The third-order valence-electron chi connectivity index (χ3n) is 3.62. The van der Waals surface area contributed by atoms with Gasteiger partial charge in [0.25, 0.3) is 0 Å². The summed E-state index contributed by atoms with van der Waals surface area (Å²) in [4.78, 5) is 11.8. The average Bonchev–Trinajstić information content (AvgIpc) is 3.08. The molecule has 0 atom stereocenters. The van der Waals surface area contributed by atoms with E-state index in [0.29, 0.717) is 6.61 Å². The van der Waals surface area contributed by atoms with Crippen molar-refractivity contribution in [3.63, 3.8) is 0 Å². The molecular formula is C21H29NO3S. The summed E-state index contributed by atoms with van der Waals surface area (Å²) in [5, 5.41) is 0. The quantitative estimate of drug-likeness (QED) is 0.337. The molecule has 5 heteroatoms. The highest BCUT2D eigenvalue weighted by atomic mass is 32.1. The molecule has 1 aromatic heterocycles. The molecule has 142 valence electrons. The van der Waals surface area contributed by atoms with Gasteiger partial charge in [-0.05, 0) is 56.3 Å². The lowest BCUT2D eigenvalue weighted by molar-refractivity contribution is -0.137. The van der Waals surface area contributed by atoms with E-state index in [1.807, 2.05) is 6.92 Å². The fraction of sp³-hybridized carbons (Fsp3) is 0.429. The van der Waals surface area contributed by atoms with Gasteiger partial charge in [0.1, 0.15) is 0 Å². The summed E-state index contributed by atoms with van der Waals surface area (Å²) >= 11 is 1.56. The van der Waals surface area contributed by atoms with Crippen LogP contribution in [0.5, 0.6) is 0 Å². The van der Waals surface area contributed by atoms with Gasteiger partial charge in [-0.15, -0.1) is 0 Å². The van der Waals surface area contributed by atoms with E-state index in [2.05, 4.69) is 48.2 Å². The first-order chi connectivity index (χ1) is 12.6. The minimum Gasteiger partial charge on any atom is -0.463 e. The molecule has 0 radical (unpaired) electrons. The number of hydrogen-bond donors (Lipinski definition) is 0. The fourth-order valence-corrected chi connectivity index (χ4v) is 2.91. The van der Waals surface area contributed by atoms with Gasteiger partial charge in [0, 0.05) is 19.8 Å². The zero-order valence-corrected chi connectivity index (χ0v) is 16.8. The van der Waals surface area contributed by atoms with E-state index in [4.69, 9.17) is 9.47 Å². The fourth-order valence-electron chi connectivity index (χ4n) is 2.15. The summed E-state index contributed by atoms with van der Waals surface area (Å²) < 4.78 is 14.0. The number of nitrogens with zero attached hydrogens (tertiary/aromatic N) is 1. The Hall–Kier alpha value is -1.98. The van der Waals surface area contributed by atoms with Gasteiger partial charge < -0.3 is 9.47 Å². The van der Waals surface area contributed by atoms with Crippen LogP contribution >= 0.6 is 11.5 Å². The molecule has 0 N–H and O–H groups in total. The molecule has 0 aliphatic carbocycles. The molecule has 1 aromatic carbocycles. The average molecular weight is 376 g/mol. The van der Waals surface area contributed by atoms with Crippen molar-refractivity contribution in [3.05, 3.63) is 54.2 Å². The Kier molecular flexibility index (Phi) is 11.2. The lowest BCUT2D eigenvalue weighted by Crippen LogP contribution is -2.01. The Morgan fingerprint density at radius 1 is 1.12 bits per heavy atom. The molecule has 0 saturated carbocycles. The number of ether oxygens (including phenoxy) is 2. The maximum atomic E-state index is 10.6. The molecule has 0 fully saturated rings. The lowest BCUT2D eigenvalue weighted by Gasteiger charge is -2.01. The van der Waals surface area contributed by atoms with Gasteiger partial charge in [-0.3, -0.25) is 0 Å². The number of rotatable bonds is 9. The van der Waals surface area contributed by atoms with E-state index in [-0.39, 0.29) is 5.97 Å². The van der Waals surface area contributed by atoms with Crippen LogP contribution < -0.4 is 0 Å². The number of carbonyl (C=O) groups excluding carboxylic acids is 1. The van der Waals surface area contributed by atoms with Crippen LogP contribution in [0.1, 0.15) is 36.9 Å². The summed E-state index contributed by atoms with van der Waals surface area (Å²) in [6, 6.07) is 10.7. The van der Waals surface area contributed by atoms with Crippen LogP contribution in [0.3, 0.4) is 0 Å². The second kappa shape index (κ2) is 13.3. The summed E-state index contributed by atoms with van der Waals surface area (Å²) in [7, 11) is 1.70. The third-order valence-corrected chi connectivity index (χ3v) is 4.55. The Morgan fingerprint density at radius 3 is 2.31 bits per heavy atom. The van der Waals surface area contributed by atoms with E-state index < -0.39 is 0 Å². The molecule has 0 aliphatic rings. The van der Waals surface area contributed by atoms with Crippen molar-refractivity contribution < 1.29 is 14.3 Å². The zero-order valence-electron chi connectivity index (χ0n) is 16.0. The molecule has 2 rings (SSSR count). The smallest absolute Gasteiger partial charge is 0.330 e. The molecular weight excluding hydrogens is 346 g/mol. The Balaban J connectivity index is 0.000000260. The molecule has 0 amide bonds. The topological polar surface area (TPSA) is 48.4 Å². The number of carbonyl (C=O) groups is 1. The van der Waals surface area contributed by atoms with Crippen molar-refractivity contribution in [1.29, 1.82) is 0 Å². The largest absolute Gasteiger partial charge is 0.463 e. The van der Waals surface area contributed by atoms with Gasteiger partial charge in [0.2, 0.25) is 0 Å². The second-order valence-electron chi connectivity index (χ2n) is 5.98. The molecule has 4 nitrogen and oxygen atoms in total. The van der Waals surface area contributed by atoms with Crippen LogP contribution in [0.25, 0.3) is 10.4 Å². The van der Waals surface area contributed by atoms with Crippen LogP contribution in [0.4, 0.5) is 0 Å².